The van der Waals surface area contributed by atoms with Gasteiger partial charge in [0.2, 0.25) is 10.0 Å². The molecule has 2 heterocycles. The molecule has 0 unspecified atom stereocenters. The number of nitrogens with zero attached hydrogens (tertiary/aromatic N) is 2. The predicted octanol–water partition coefficient (Wildman–Crippen LogP) is 2.08. The molecule has 154 valence electrons. The highest BCUT2D eigenvalue weighted by Gasteiger charge is 2.26. The van der Waals surface area contributed by atoms with E-state index < -0.39 is 10.0 Å². The Hall–Kier alpha value is -2.06. The SMILES string of the molecule is CCS(=O)(=O)N1CCC(NC(=NC)NCCCc2c[nH]c3ccccc23)CC1. The highest BCUT2D eigenvalue weighted by Crippen LogP contribution is 2.18. The van der Waals surface area contributed by atoms with Gasteiger partial charge in [-0.15, -0.1) is 0 Å². The minimum Gasteiger partial charge on any atom is -0.361 e. The van der Waals surface area contributed by atoms with Gasteiger partial charge in [-0.3, -0.25) is 4.99 Å². The van der Waals surface area contributed by atoms with E-state index in [0.29, 0.717) is 13.1 Å². The number of nitrogens with one attached hydrogen (secondary N) is 3. The van der Waals surface area contributed by atoms with E-state index in [2.05, 4.69) is 45.0 Å². The van der Waals surface area contributed by atoms with Gasteiger partial charge in [0.15, 0.2) is 5.96 Å². The molecule has 0 bridgehead atoms. The van der Waals surface area contributed by atoms with Crippen molar-refractivity contribution in [2.45, 2.75) is 38.6 Å². The molecular formula is C20H31N5O2S. The second kappa shape index (κ2) is 9.43. The van der Waals surface area contributed by atoms with Crippen LogP contribution >= 0.6 is 0 Å². The fourth-order valence-corrected chi connectivity index (χ4v) is 4.81. The minimum atomic E-state index is -3.08. The molecule has 3 N–H and O–H groups in total. The third kappa shape index (κ3) is 5.05. The number of benzene rings is 1. The van der Waals surface area contributed by atoms with E-state index in [4.69, 9.17) is 0 Å². The average Bonchev–Trinajstić information content (AvgIpc) is 3.14. The molecule has 0 atom stereocenters. The maximum Gasteiger partial charge on any atom is 0.213 e. The molecule has 2 aromatic rings. The molecule has 28 heavy (non-hydrogen) atoms. The topological polar surface area (TPSA) is 89.6 Å². The molecule has 0 spiro atoms. The summed E-state index contributed by atoms with van der Waals surface area (Å²) in [5.74, 6) is 0.959. The van der Waals surface area contributed by atoms with E-state index in [1.807, 2.05) is 6.07 Å². The number of aryl methyl sites for hydroxylation is 1. The van der Waals surface area contributed by atoms with Crippen molar-refractivity contribution in [1.82, 2.24) is 19.9 Å². The van der Waals surface area contributed by atoms with Gasteiger partial charge < -0.3 is 15.6 Å². The van der Waals surface area contributed by atoms with Crippen LogP contribution in [0.3, 0.4) is 0 Å². The molecule has 1 aliphatic heterocycles. The van der Waals surface area contributed by atoms with Gasteiger partial charge in [0, 0.05) is 49.8 Å². The lowest BCUT2D eigenvalue weighted by Gasteiger charge is -2.32. The van der Waals surface area contributed by atoms with Crippen molar-refractivity contribution in [3.8, 4) is 0 Å². The van der Waals surface area contributed by atoms with Gasteiger partial charge in [-0.25, -0.2) is 12.7 Å². The molecule has 1 fully saturated rings. The summed E-state index contributed by atoms with van der Waals surface area (Å²) in [4.78, 5) is 7.63. The number of hydrogen-bond acceptors (Lipinski definition) is 3. The highest BCUT2D eigenvalue weighted by molar-refractivity contribution is 7.89. The molecule has 0 amide bonds. The fourth-order valence-electron chi connectivity index (χ4n) is 3.67. The van der Waals surface area contributed by atoms with Crippen molar-refractivity contribution in [3.63, 3.8) is 0 Å². The van der Waals surface area contributed by atoms with E-state index in [1.54, 1.807) is 18.3 Å². The van der Waals surface area contributed by atoms with Gasteiger partial charge in [0.1, 0.15) is 0 Å². The summed E-state index contributed by atoms with van der Waals surface area (Å²) in [6.07, 6.45) is 5.71. The number of rotatable bonds is 7. The summed E-state index contributed by atoms with van der Waals surface area (Å²) >= 11 is 0. The van der Waals surface area contributed by atoms with Crippen LogP contribution in [0.5, 0.6) is 0 Å². The zero-order valence-corrected chi connectivity index (χ0v) is 17.6. The van der Waals surface area contributed by atoms with E-state index >= 15 is 0 Å². The number of aromatic amines is 1. The molecule has 0 aliphatic carbocycles. The van der Waals surface area contributed by atoms with Crippen molar-refractivity contribution in [2.24, 2.45) is 4.99 Å². The lowest BCUT2D eigenvalue weighted by Crippen LogP contribution is -2.50. The number of sulfonamides is 1. The zero-order chi connectivity index (χ0) is 20.0. The van der Waals surface area contributed by atoms with Crippen LogP contribution in [0, 0.1) is 0 Å². The number of aliphatic imine (C=N–C) groups is 1. The quantitative estimate of drug-likeness (QED) is 0.374. The smallest absolute Gasteiger partial charge is 0.213 e. The monoisotopic (exact) mass is 405 g/mol. The van der Waals surface area contributed by atoms with E-state index in [1.165, 1.54) is 16.5 Å². The Balaban J connectivity index is 1.41. The molecular weight excluding hydrogens is 374 g/mol. The molecule has 7 nitrogen and oxygen atoms in total. The third-order valence-electron chi connectivity index (χ3n) is 5.37. The first-order valence-electron chi connectivity index (χ1n) is 10.0. The molecule has 1 aromatic carbocycles. The van der Waals surface area contributed by atoms with Crippen molar-refractivity contribution in [3.05, 3.63) is 36.0 Å². The second-order valence-electron chi connectivity index (χ2n) is 7.18. The highest BCUT2D eigenvalue weighted by atomic mass is 32.2. The van der Waals surface area contributed by atoms with Crippen LogP contribution in [0.1, 0.15) is 31.7 Å². The van der Waals surface area contributed by atoms with Gasteiger partial charge in [0.25, 0.3) is 0 Å². The summed E-state index contributed by atoms with van der Waals surface area (Å²) in [5, 5.41) is 8.10. The Bertz CT molecular complexity index is 898. The van der Waals surface area contributed by atoms with Crippen molar-refractivity contribution in [2.75, 3.05) is 32.4 Å². The lowest BCUT2D eigenvalue weighted by molar-refractivity contribution is 0.306. The first-order valence-corrected chi connectivity index (χ1v) is 11.6. The Kier molecular flexibility index (Phi) is 6.96. The van der Waals surface area contributed by atoms with Crippen molar-refractivity contribution in [1.29, 1.82) is 0 Å². The minimum absolute atomic E-state index is 0.171. The summed E-state index contributed by atoms with van der Waals surface area (Å²) in [6, 6.07) is 8.62. The Morgan fingerprint density at radius 3 is 2.75 bits per heavy atom. The number of piperidine rings is 1. The van der Waals surface area contributed by atoms with Crippen LogP contribution in [-0.4, -0.2) is 62.1 Å². The zero-order valence-electron chi connectivity index (χ0n) is 16.7. The van der Waals surface area contributed by atoms with Crippen LogP contribution < -0.4 is 10.6 Å². The lowest BCUT2D eigenvalue weighted by atomic mass is 10.1. The van der Waals surface area contributed by atoms with Crippen LogP contribution in [0.25, 0.3) is 10.9 Å². The number of guanidine groups is 1. The molecule has 1 aromatic heterocycles. The number of aromatic nitrogens is 1. The molecule has 1 saturated heterocycles. The number of H-pyrrole nitrogens is 1. The average molecular weight is 406 g/mol. The largest absolute Gasteiger partial charge is 0.361 e. The summed E-state index contributed by atoms with van der Waals surface area (Å²) in [6.45, 7) is 3.68. The molecule has 0 saturated carbocycles. The first-order chi connectivity index (χ1) is 13.5. The molecule has 0 radical (unpaired) electrons. The summed E-state index contributed by atoms with van der Waals surface area (Å²) < 4.78 is 25.5. The summed E-state index contributed by atoms with van der Waals surface area (Å²) in [5.41, 5.74) is 2.52. The van der Waals surface area contributed by atoms with E-state index in [9.17, 15) is 8.42 Å². The molecule has 8 heteroatoms. The maximum atomic E-state index is 12.0. The van der Waals surface area contributed by atoms with Gasteiger partial charge in [0.05, 0.1) is 5.75 Å². The van der Waals surface area contributed by atoms with Crippen molar-refractivity contribution >= 4 is 26.9 Å². The van der Waals surface area contributed by atoms with Gasteiger partial charge in [-0.1, -0.05) is 18.2 Å². The van der Waals surface area contributed by atoms with Crippen LogP contribution in [-0.2, 0) is 16.4 Å². The predicted molar refractivity (Wildman–Crippen MR) is 115 cm³/mol. The number of fused-ring (bicyclic) bond motifs is 1. The Morgan fingerprint density at radius 2 is 2.04 bits per heavy atom. The number of hydrogen-bond donors (Lipinski definition) is 3. The van der Waals surface area contributed by atoms with E-state index in [-0.39, 0.29) is 11.8 Å². The van der Waals surface area contributed by atoms with Gasteiger partial charge in [-0.2, -0.15) is 0 Å². The van der Waals surface area contributed by atoms with E-state index in [0.717, 1.165) is 38.2 Å². The van der Waals surface area contributed by atoms with Crippen LogP contribution in [0.4, 0.5) is 0 Å². The third-order valence-corrected chi connectivity index (χ3v) is 7.25. The normalized spacial score (nSPS) is 17.1. The standard InChI is InChI=1S/C20H31N5O2S/c1-3-28(26,27)25-13-10-17(11-14-25)24-20(21-2)22-12-6-7-16-15-23-19-9-5-4-8-18(16)19/h4-5,8-9,15,17,23H,3,6-7,10-14H2,1-2H3,(H2,21,22,24). The van der Waals surface area contributed by atoms with Gasteiger partial charge in [-0.05, 0) is 44.2 Å². The van der Waals surface area contributed by atoms with Crippen molar-refractivity contribution < 1.29 is 8.42 Å². The van der Waals surface area contributed by atoms with Crippen LogP contribution in [0.2, 0.25) is 0 Å². The Morgan fingerprint density at radius 1 is 1.29 bits per heavy atom. The fraction of sp³-hybridized carbons (Fsp3) is 0.550. The Labute approximate surface area is 167 Å². The van der Waals surface area contributed by atoms with Gasteiger partial charge >= 0.3 is 0 Å². The second-order valence-corrected chi connectivity index (χ2v) is 9.44. The summed E-state index contributed by atoms with van der Waals surface area (Å²) in [7, 11) is -1.31. The maximum absolute atomic E-state index is 12.0. The molecule has 1 aliphatic rings. The van der Waals surface area contributed by atoms with Crippen LogP contribution in [0.15, 0.2) is 35.5 Å². The first kappa shape index (κ1) is 20.7. The number of para-hydroxylation sites is 1. The molecule has 3 rings (SSSR count).